The summed E-state index contributed by atoms with van der Waals surface area (Å²) in [5.74, 6) is 0.179. The second-order valence-corrected chi connectivity index (χ2v) is 12.0. The molecule has 2 heterocycles. The molecule has 1 aromatic heterocycles. The predicted molar refractivity (Wildman–Crippen MR) is 111 cm³/mol. The van der Waals surface area contributed by atoms with Gasteiger partial charge < -0.3 is 4.74 Å². The molecular weight excluding hydrogens is 467 g/mol. The molecule has 28 heavy (non-hydrogen) atoms. The van der Waals surface area contributed by atoms with Crippen LogP contribution in [0.2, 0.25) is 8.67 Å². The van der Waals surface area contributed by atoms with Gasteiger partial charge in [-0.2, -0.15) is 4.31 Å². The smallest absolute Gasteiger partial charge is 0.264 e. The lowest BCUT2D eigenvalue weighted by molar-refractivity contribution is 0.346. The molecule has 7 nitrogen and oxygen atoms in total. The molecule has 2 aromatic rings. The topological polar surface area (TPSA) is 92.8 Å². The van der Waals surface area contributed by atoms with Crippen LogP contribution in [-0.4, -0.2) is 41.3 Å². The van der Waals surface area contributed by atoms with Gasteiger partial charge in [-0.25, -0.2) is 16.8 Å². The average molecular weight is 485 g/mol. The zero-order valence-corrected chi connectivity index (χ0v) is 18.8. The second-order valence-electron chi connectivity index (χ2n) is 6.12. The zero-order valence-electron chi connectivity index (χ0n) is 14.8. The minimum absolute atomic E-state index is 0.000950. The number of sulfonamides is 2. The summed E-state index contributed by atoms with van der Waals surface area (Å²) in [5.41, 5.74) is -0.000950. The van der Waals surface area contributed by atoms with E-state index in [0.29, 0.717) is 13.1 Å². The summed E-state index contributed by atoms with van der Waals surface area (Å²) < 4.78 is 60.4. The Morgan fingerprint density at radius 3 is 2.32 bits per heavy atom. The number of benzene rings is 1. The largest absolute Gasteiger partial charge is 0.495 e. The van der Waals surface area contributed by atoms with E-state index in [1.165, 1.54) is 35.7 Å². The zero-order chi connectivity index (χ0) is 20.5. The molecule has 1 aliphatic rings. The van der Waals surface area contributed by atoms with Crippen LogP contribution < -0.4 is 9.46 Å². The van der Waals surface area contributed by atoms with Crippen LogP contribution in [0.1, 0.15) is 19.3 Å². The number of halogens is 2. The molecule has 0 amide bonds. The van der Waals surface area contributed by atoms with E-state index in [0.717, 1.165) is 30.6 Å². The van der Waals surface area contributed by atoms with E-state index >= 15 is 0 Å². The summed E-state index contributed by atoms with van der Waals surface area (Å²) in [4.78, 5) is -0.196. The van der Waals surface area contributed by atoms with Crippen LogP contribution in [0.15, 0.2) is 34.1 Å². The average Bonchev–Trinajstić information content (AvgIpc) is 3.01. The molecule has 0 unspecified atom stereocenters. The lowest BCUT2D eigenvalue weighted by Gasteiger charge is -2.26. The Hall–Kier alpha value is -1.04. The minimum Gasteiger partial charge on any atom is -0.495 e. The first-order valence-electron chi connectivity index (χ1n) is 8.31. The van der Waals surface area contributed by atoms with Crippen LogP contribution in [-0.2, 0) is 20.0 Å². The summed E-state index contributed by atoms with van der Waals surface area (Å²) in [6.07, 6.45) is 2.59. The van der Waals surface area contributed by atoms with Crippen LogP contribution in [0.25, 0.3) is 0 Å². The maximum Gasteiger partial charge on any atom is 0.264 e. The van der Waals surface area contributed by atoms with Gasteiger partial charge in [-0.3, -0.25) is 4.72 Å². The van der Waals surface area contributed by atoms with Gasteiger partial charge in [0.2, 0.25) is 10.0 Å². The van der Waals surface area contributed by atoms with Crippen LogP contribution in [0.5, 0.6) is 5.75 Å². The van der Waals surface area contributed by atoms with Crippen molar-refractivity contribution < 1.29 is 21.6 Å². The summed E-state index contributed by atoms with van der Waals surface area (Å²) in [7, 11) is -6.46. The van der Waals surface area contributed by atoms with Gasteiger partial charge in [-0.05, 0) is 37.1 Å². The molecule has 0 bridgehead atoms. The third kappa shape index (κ3) is 4.42. The SMILES string of the molecule is COc1ccc(S(=O)(=O)N2CCCCC2)cc1NS(=O)(=O)c1cc(Cl)sc1Cl. The van der Waals surface area contributed by atoms with Gasteiger partial charge in [0.15, 0.2) is 0 Å². The molecule has 1 aliphatic heterocycles. The standard InChI is InChI=1S/C16H18Cl2N2O5S3/c1-25-13-6-5-11(28(23,24)20-7-3-2-4-8-20)9-12(13)19-27(21,22)14-10-15(17)26-16(14)18/h5-6,9-10,19H,2-4,7-8H2,1H3. The van der Waals surface area contributed by atoms with E-state index in [4.69, 9.17) is 27.9 Å². The molecule has 1 aromatic carbocycles. The fraction of sp³-hybridized carbons (Fsp3) is 0.375. The highest BCUT2D eigenvalue weighted by Crippen LogP contribution is 2.37. The van der Waals surface area contributed by atoms with Crippen molar-refractivity contribution in [3.05, 3.63) is 32.9 Å². The van der Waals surface area contributed by atoms with Crippen LogP contribution in [0.4, 0.5) is 5.69 Å². The number of nitrogens with zero attached hydrogens (tertiary/aromatic N) is 1. The van der Waals surface area contributed by atoms with E-state index in [-0.39, 0.29) is 29.9 Å². The molecular formula is C16H18Cl2N2O5S3. The number of rotatable bonds is 6. The molecule has 1 fully saturated rings. The minimum atomic E-state index is -4.09. The van der Waals surface area contributed by atoms with Crippen molar-refractivity contribution in [3.8, 4) is 5.75 Å². The lowest BCUT2D eigenvalue weighted by Crippen LogP contribution is -2.35. The fourth-order valence-electron chi connectivity index (χ4n) is 2.89. The van der Waals surface area contributed by atoms with Crippen molar-refractivity contribution in [3.63, 3.8) is 0 Å². The van der Waals surface area contributed by atoms with Crippen molar-refractivity contribution in [2.75, 3.05) is 24.9 Å². The predicted octanol–water partition coefficient (Wildman–Crippen LogP) is 4.04. The van der Waals surface area contributed by atoms with E-state index in [2.05, 4.69) is 4.72 Å². The molecule has 1 N–H and O–H groups in total. The monoisotopic (exact) mass is 484 g/mol. The number of piperidine rings is 1. The summed E-state index contributed by atoms with van der Waals surface area (Å²) >= 11 is 12.7. The summed E-state index contributed by atoms with van der Waals surface area (Å²) in [6, 6.07) is 5.30. The number of anilines is 1. The molecule has 0 aliphatic carbocycles. The molecule has 0 saturated carbocycles. The highest BCUT2D eigenvalue weighted by Gasteiger charge is 2.28. The number of nitrogens with one attached hydrogen (secondary N) is 1. The van der Waals surface area contributed by atoms with Gasteiger partial charge in [0.05, 0.1) is 22.0 Å². The first-order chi connectivity index (χ1) is 13.1. The summed E-state index contributed by atoms with van der Waals surface area (Å²) in [5, 5.41) is 0. The molecule has 0 spiro atoms. The first kappa shape index (κ1) is 21.7. The maximum atomic E-state index is 12.9. The van der Waals surface area contributed by atoms with Crippen molar-refractivity contribution in [2.45, 2.75) is 29.1 Å². The van der Waals surface area contributed by atoms with Crippen LogP contribution in [0, 0.1) is 0 Å². The molecule has 3 rings (SSSR count). The van der Waals surface area contributed by atoms with Crippen molar-refractivity contribution >= 4 is 60.3 Å². The molecule has 12 heteroatoms. The molecule has 154 valence electrons. The van der Waals surface area contributed by atoms with Crippen LogP contribution >= 0.6 is 34.5 Å². The number of hydrogen-bond donors (Lipinski definition) is 1. The van der Waals surface area contributed by atoms with Gasteiger partial charge in [-0.1, -0.05) is 29.6 Å². The number of thiophene rings is 1. The highest BCUT2D eigenvalue weighted by molar-refractivity contribution is 7.93. The fourth-order valence-corrected chi connectivity index (χ4v) is 7.65. The quantitative estimate of drug-likeness (QED) is 0.667. The Morgan fingerprint density at radius 2 is 1.75 bits per heavy atom. The molecule has 0 atom stereocenters. The number of methoxy groups -OCH3 is 1. The van der Waals surface area contributed by atoms with Crippen LogP contribution in [0.3, 0.4) is 0 Å². The van der Waals surface area contributed by atoms with Crippen molar-refractivity contribution in [1.29, 1.82) is 0 Å². The van der Waals surface area contributed by atoms with Crippen molar-refractivity contribution in [2.24, 2.45) is 0 Å². The van der Waals surface area contributed by atoms with Gasteiger partial charge in [-0.15, -0.1) is 11.3 Å². The maximum absolute atomic E-state index is 12.9. The lowest BCUT2D eigenvalue weighted by atomic mass is 10.2. The van der Waals surface area contributed by atoms with E-state index in [9.17, 15) is 16.8 Å². The van der Waals surface area contributed by atoms with Gasteiger partial charge in [0.1, 0.15) is 15.0 Å². The second kappa shape index (κ2) is 8.37. The van der Waals surface area contributed by atoms with E-state index in [1.54, 1.807) is 0 Å². The highest BCUT2D eigenvalue weighted by atomic mass is 35.5. The Kier molecular flexibility index (Phi) is 6.48. The Bertz CT molecular complexity index is 1080. The number of hydrogen-bond acceptors (Lipinski definition) is 6. The Labute approximate surface area is 178 Å². The third-order valence-electron chi connectivity index (χ3n) is 4.28. The molecule has 0 radical (unpaired) electrons. The Balaban J connectivity index is 1.99. The molecule has 1 saturated heterocycles. The number of ether oxygens (including phenoxy) is 1. The van der Waals surface area contributed by atoms with Gasteiger partial charge in [0.25, 0.3) is 10.0 Å². The van der Waals surface area contributed by atoms with Gasteiger partial charge >= 0.3 is 0 Å². The van der Waals surface area contributed by atoms with Crippen molar-refractivity contribution in [1.82, 2.24) is 4.31 Å². The normalized spacial score (nSPS) is 16.1. The van der Waals surface area contributed by atoms with E-state index in [1.807, 2.05) is 0 Å². The van der Waals surface area contributed by atoms with E-state index < -0.39 is 20.0 Å². The summed E-state index contributed by atoms with van der Waals surface area (Å²) in [6.45, 7) is 0.886. The van der Waals surface area contributed by atoms with Gasteiger partial charge in [0, 0.05) is 13.1 Å². The third-order valence-corrected chi connectivity index (χ3v) is 9.30. The first-order valence-corrected chi connectivity index (χ1v) is 12.8. The Morgan fingerprint density at radius 1 is 1.07 bits per heavy atom.